The summed E-state index contributed by atoms with van der Waals surface area (Å²) in [5.41, 5.74) is 1.27. The second kappa shape index (κ2) is 13.4. The molecule has 0 bridgehead atoms. The first-order valence-corrected chi connectivity index (χ1v) is 14.9. The van der Waals surface area contributed by atoms with E-state index in [4.69, 9.17) is 15.3 Å². The van der Waals surface area contributed by atoms with Crippen molar-refractivity contribution >= 4 is 27.9 Å². The van der Waals surface area contributed by atoms with Crippen LogP contribution in [0.5, 0.6) is 5.75 Å². The van der Waals surface area contributed by atoms with Gasteiger partial charge in [-0.2, -0.15) is 9.41 Å². The van der Waals surface area contributed by atoms with Gasteiger partial charge in [-0.3, -0.25) is 9.79 Å². The topological polar surface area (TPSA) is 144 Å². The summed E-state index contributed by atoms with van der Waals surface area (Å²) in [6, 6.07) is 12.1. The van der Waals surface area contributed by atoms with Crippen molar-refractivity contribution in [3.8, 4) is 5.75 Å². The predicted molar refractivity (Wildman–Crippen MR) is 155 cm³/mol. The summed E-state index contributed by atoms with van der Waals surface area (Å²) in [5, 5.41) is 13.8. The lowest BCUT2D eigenvalue weighted by molar-refractivity contribution is -0.156. The Morgan fingerprint density at radius 2 is 2.00 bits per heavy atom. The van der Waals surface area contributed by atoms with Crippen LogP contribution in [0.4, 0.5) is 0 Å². The number of hydrogen-bond donors (Lipinski definition) is 2. The van der Waals surface area contributed by atoms with Crippen molar-refractivity contribution < 1.29 is 27.8 Å². The van der Waals surface area contributed by atoms with Crippen LogP contribution in [0, 0.1) is 12.3 Å². The van der Waals surface area contributed by atoms with Gasteiger partial charge < -0.3 is 20.4 Å². The van der Waals surface area contributed by atoms with Gasteiger partial charge in [0.2, 0.25) is 10.0 Å². The van der Waals surface area contributed by atoms with Crippen molar-refractivity contribution in [2.24, 2.45) is 21.4 Å². The van der Waals surface area contributed by atoms with E-state index in [1.807, 2.05) is 39.0 Å². The molecule has 1 aliphatic rings. The summed E-state index contributed by atoms with van der Waals surface area (Å²) in [6.45, 7) is 9.87. The van der Waals surface area contributed by atoms with E-state index in [1.165, 1.54) is 10.5 Å². The highest BCUT2D eigenvalue weighted by Gasteiger charge is 2.40. The summed E-state index contributed by atoms with van der Waals surface area (Å²) in [6.07, 6.45) is 1.83. The highest BCUT2D eigenvalue weighted by Crippen LogP contribution is 2.38. The Morgan fingerprint density at radius 3 is 2.65 bits per heavy atom. The second-order valence-corrected chi connectivity index (χ2v) is 12.4. The van der Waals surface area contributed by atoms with Crippen LogP contribution in [-0.2, 0) is 26.1 Å². The minimum atomic E-state index is -3.85. The lowest BCUT2D eigenvalue weighted by Crippen LogP contribution is -2.37. The standard InChI is InChI=1S/C29H40N4O6S/c1-6-14-31-16-23(32-30)19-38-27(29(4,5)28(34)35)21-13-12-20(3)22(15-21)17-33-18-24(7-2)39-25-10-8-9-11-26(25)40(33,36)37/h8-13,15-16,24,27H,6-7,14,17-19,30H2,1-5H3,(H,34,35)/t24-,27?/m1/s1. The quantitative estimate of drug-likeness (QED) is 0.219. The number of benzene rings is 2. The van der Waals surface area contributed by atoms with Crippen molar-refractivity contribution in [3.63, 3.8) is 0 Å². The molecular formula is C29H40N4O6S. The summed E-state index contributed by atoms with van der Waals surface area (Å²) >= 11 is 0. The van der Waals surface area contributed by atoms with Crippen LogP contribution in [0.25, 0.3) is 0 Å². The van der Waals surface area contributed by atoms with Gasteiger partial charge in [0.1, 0.15) is 22.5 Å². The Balaban J connectivity index is 1.98. The highest BCUT2D eigenvalue weighted by atomic mass is 32.2. The van der Waals surface area contributed by atoms with E-state index in [9.17, 15) is 18.3 Å². The molecule has 11 heteroatoms. The highest BCUT2D eigenvalue weighted by molar-refractivity contribution is 7.89. The molecule has 0 amide bonds. The number of aliphatic imine (C=N–C) groups is 1. The fraction of sp³-hybridized carbons (Fsp3) is 0.483. The van der Waals surface area contributed by atoms with Crippen LogP contribution in [0.2, 0.25) is 0 Å². The number of hydrogen-bond acceptors (Lipinski definition) is 8. The molecule has 0 aliphatic carbocycles. The van der Waals surface area contributed by atoms with Crippen molar-refractivity contribution in [1.29, 1.82) is 0 Å². The van der Waals surface area contributed by atoms with E-state index in [0.717, 1.165) is 17.5 Å². The molecule has 0 fully saturated rings. The molecule has 1 aliphatic heterocycles. The zero-order chi connectivity index (χ0) is 29.5. The van der Waals surface area contributed by atoms with Gasteiger partial charge in [-0.05, 0) is 62.4 Å². The molecule has 0 saturated carbocycles. The third-order valence-corrected chi connectivity index (χ3v) is 8.86. The first-order valence-electron chi connectivity index (χ1n) is 13.4. The molecule has 40 heavy (non-hydrogen) atoms. The number of nitrogens with two attached hydrogens (primary N) is 1. The van der Waals surface area contributed by atoms with Crippen molar-refractivity contribution in [2.45, 2.75) is 71.1 Å². The number of carboxylic acids is 1. The molecule has 218 valence electrons. The molecule has 1 heterocycles. The lowest BCUT2D eigenvalue weighted by Gasteiger charge is -2.31. The molecular weight excluding hydrogens is 532 g/mol. The number of sulfonamides is 1. The second-order valence-electron chi connectivity index (χ2n) is 10.5. The predicted octanol–water partition coefficient (Wildman–Crippen LogP) is 4.32. The molecule has 2 aromatic carbocycles. The number of para-hydroxylation sites is 1. The number of carbonyl (C=O) groups is 1. The maximum Gasteiger partial charge on any atom is 0.312 e. The summed E-state index contributed by atoms with van der Waals surface area (Å²) in [4.78, 5) is 16.7. The SMILES string of the molecule is CCCN=CC(COC(c1ccc(C)c(CN2C[C@@H](CC)Oc3ccccc3S2(=O)=O)c1)C(C)(C)C(=O)O)=NN. The minimum Gasteiger partial charge on any atom is -0.488 e. The normalized spacial score (nSPS) is 18.6. The minimum absolute atomic E-state index is 0.0406. The molecule has 1 unspecified atom stereocenters. The van der Waals surface area contributed by atoms with Gasteiger partial charge >= 0.3 is 5.97 Å². The molecule has 2 atom stereocenters. The number of ether oxygens (including phenoxy) is 2. The van der Waals surface area contributed by atoms with E-state index in [1.54, 1.807) is 38.1 Å². The molecule has 2 aromatic rings. The molecule has 0 spiro atoms. The molecule has 0 saturated heterocycles. The Labute approximate surface area is 236 Å². The zero-order valence-corrected chi connectivity index (χ0v) is 24.6. The number of carboxylic acid groups (broad SMARTS) is 1. The molecule has 10 nitrogen and oxygen atoms in total. The third-order valence-electron chi connectivity index (χ3n) is 7.01. The van der Waals surface area contributed by atoms with Gasteiger partial charge in [-0.15, -0.1) is 0 Å². The van der Waals surface area contributed by atoms with Crippen LogP contribution in [-0.4, -0.2) is 61.5 Å². The first-order chi connectivity index (χ1) is 18.9. The van der Waals surface area contributed by atoms with Gasteiger partial charge in [0.05, 0.1) is 24.7 Å². The fourth-order valence-corrected chi connectivity index (χ4v) is 6.00. The molecule has 3 rings (SSSR count). The van der Waals surface area contributed by atoms with Gasteiger partial charge in [0, 0.05) is 19.3 Å². The Bertz CT molecular complexity index is 1360. The maximum absolute atomic E-state index is 13.7. The van der Waals surface area contributed by atoms with Crippen LogP contribution >= 0.6 is 0 Å². The number of fused-ring (bicyclic) bond motifs is 1. The maximum atomic E-state index is 13.7. The Morgan fingerprint density at radius 1 is 1.27 bits per heavy atom. The monoisotopic (exact) mass is 572 g/mol. The number of rotatable bonds is 12. The lowest BCUT2D eigenvalue weighted by atomic mass is 9.81. The number of aliphatic carboxylic acids is 1. The smallest absolute Gasteiger partial charge is 0.312 e. The van der Waals surface area contributed by atoms with Gasteiger partial charge in [0.15, 0.2) is 0 Å². The number of nitrogens with zero attached hydrogens (tertiary/aromatic N) is 3. The van der Waals surface area contributed by atoms with Gasteiger partial charge in [-0.1, -0.05) is 44.2 Å². The average Bonchev–Trinajstić information content (AvgIpc) is 3.02. The van der Waals surface area contributed by atoms with E-state index in [2.05, 4.69) is 10.1 Å². The zero-order valence-electron chi connectivity index (χ0n) is 23.8. The van der Waals surface area contributed by atoms with E-state index in [-0.39, 0.29) is 30.7 Å². The molecule has 3 N–H and O–H groups in total. The summed E-state index contributed by atoms with van der Waals surface area (Å²) < 4.78 is 41.0. The van der Waals surface area contributed by atoms with Crippen molar-refractivity contribution in [3.05, 3.63) is 59.2 Å². The van der Waals surface area contributed by atoms with E-state index in [0.29, 0.717) is 30.0 Å². The Hall–Kier alpha value is -3.28. The molecule has 0 aromatic heterocycles. The van der Waals surface area contributed by atoms with Gasteiger partial charge in [-0.25, -0.2) is 8.42 Å². The third kappa shape index (κ3) is 7.07. The van der Waals surface area contributed by atoms with Gasteiger partial charge in [0.25, 0.3) is 0 Å². The van der Waals surface area contributed by atoms with Crippen LogP contribution in [0.3, 0.4) is 0 Å². The average molecular weight is 573 g/mol. The largest absolute Gasteiger partial charge is 0.488 e. The number of hydrazone groups is 1. The van der Waals surface area contributed by atoms with Crippen LogP contribution in [0.1, 0.15) is 63.3 Å². The number of aryl methyl sites for hydroxylation is 1. The van der Waals surface area contributed by atoms with E-state index < -0.39 is 27.5 Å². The van der Waals surface area contributed by atoms with Crippen LogP contribution in [0.15, 0.2) is 57.5 Å². The van der Waals surface area contributed by atoms with Crippen molar-refractivity contribution in [2.75, 3.05) is 19.7 Å². The van der Waals surface area contributed by atoms with Crippen molar-refractivity contribution in [1.82, 2.24) is 4.31 Å². The fourth-order valence-electron chi connectivity index (χ4n) is 4.43. The summed E-state index contributed by atoms with van der Waals surface area (Å²) in [5.74, 6) is 4.82. The first kappa shape index (κ1) is 31.3. The van der Waals surface area contributed by atoms with E-state index >= 15 is 0 Å². The summed E-state index contributed by atoms with van der Waals surface area (Å²) in [7, 11) is -3.85. The molecule has 0 radical (unpaired) electrons. The van der Waals surface area contributed by atoms with Crippen LogP contribution < -0.4 is 10.6 Å². The Kier molecular flexibility index (Phi) is 10.5.